The van der Waals surface area contributed by atoms with Crippen molar-refractivity contribution in [3.8, 4) is 0 Å². The molecular weight excluding hydrogens is 418 g/mol. The quantitative estimate of drug-likeness (QED) is 0.525. The van der Waals surface area contributed by atoms with Crippen LogP contribution in [0.2, 0.25) is 0 Å². The van der Waals surface area contributed by atoms with Crippen LogP contribution in [0.15, 0.2) is 91.0 Å². The molecule has 1 amide bonds. The summed E-state index contributed by atoms with van der Waals surface area (Å²) in [6.07, 6.45) is 2.30. The average molecular weight is 452 g/mol. The number of carbonyl (C=O) groups excluding carboxylic acids is 1. The van der Waals surface area contributed by atoms with Gasteiger partial charge in [-0.25, -0.2) is 0 Å². The van der Waals surface area contributed by atoms with Crippen molar-refractivity contribution in [3.05, 3.63) is 108 Å². The molecule has 0 atom stereocenters. The molecule has 1 saturated heterocycles. The van der Waals surface area contributed by atoms with Crippen LogP contribution in [0.4, 0.5) is 5.69 Å². The molecule has 3 aromatic rings. The van der Waals surface area contributed by atoms with Crippen molar-refractivity contribution in [1.29, 1.82) is 0 Å². The van der Waals surface area contributed by atoms with E-state index in [0.717, 1.165) is 56.1 Å². The monoisotopic (exact) mass is 451 g/mol. The maximum atomic E-state index is 13.5. The van der Waals surface area contributed by atoms with E-state index in [4.69, 9.17) is 0 Å². The summed E-state index contributed by atoms with van der Waals surface area (Å²) >= 11 is 0. The maximum Gasteiger partial charge on any atom is 0.259 e. The number of hydrogen-bond donors (Lipinski definition) is 0. The molecule has 0 aliphatic carbocycles. The van der Waals surface area contributed by atoms with Gasteiger partial charge in [0.25, 0.3) is 5.91 Å². The zero-order chi connectivity index (χ0) is 23.5. The summed E-state index contributed by atoms with van der Waals surface area (Å²) in [5.41, 5.74) is 5.17. The van der Waals surface area contributed by atoms with Crippen molar-refractivity contribution >= 4 is 17.2 Å². The van der Waals surface area contributed by atoms with Crippen LogP contribution in [0.5, 0.6) is 0 Å². The molecule has 0 spiro atoms. The van der Waals surface area contributed by atoms with Crippen molar-refractivity contribution in [2.24, 2.45) is 0 Å². The molecule has 0 N–H and O–H groups in total. The third-order valence-corrected chi connectivity index (χ3v) is 6.93. The highest BCUT2D eigenvalue weighted by molar-refractivity contribution is 6.10. The first-order valence-electron chi connectivity index (χ1n) is 12.2. The molecular formula is C30H33N3O. The Balaban J connectivity index is 1.32. The fourth-order valence-corrected chi connectivity index (χ4v) is 5.22. The van der Waals surface area contributed by atoms with Crippen LogP contribution in [0, 0.1) is 0 Å². The van der Waals surface area contributed by atoms with E-state index in [9.17, 15) is 4.79 Å². The summed E-state index contributed by atoms with van der Waals surface area (Å²) in [6, 6.07) is 28.7. The zero-order valence-electron chi connectivity index (χ0n) is 20.2. The Kier molecular flexibility index (Phi) is 6.36. The Hall–Kier alpha value is -3.21. The van der Waals surface area contributed by atoms with Crippen LogP contribution in [-0.2, 0) is 6.54 Å². The molecule has 4 nitrogen and oxygen atoms in total. The first-order valence-corrected chi connectivity index (χ1v) is 12.2. The van der Waals surface area contributed by atoms with Crippen molar-refractivity contribution < 1.29 is 4.79 Å². The van der Waals surface area contributed by atoms with Crippen LogP contribution in [-0.4, -0.2) is 54.0 Å². The molecule has 2 heterocycles. The Labute approximate surface area is 203 Å². The van der Waals surface area contributed by atoms with Crippen molar-refractivity contribution in [3.63, 3.8) is 0 Å². The van der Waals surface area contributed by atoms with Gasteiger partial charge in [-0.05, 0) is 43.2 Å². The molecule has 0 unspecified atom stereocenters. The highest BCUT2D eigenvalue weighted by Gasteiger charge is 2.37. The van der Waals surface area contributed by atoms with E-state index in [1.807, 2.05) is 41.3 Å². The van der Waals surface area contributed by atoms with E-state index in [0.29, 0.717) is 0 Å². The third kappa shape index (κ3) is 4.70. The average Bonchev–Trinajstić information content (AvgIpc) is 2.86. The number of carbonyl (C=O) groups is 1. The number of piperazine rings is 1. The Morgan fingerprint density at radius 2 is 1.29 bits per heavy atom. The number of benzene rings is 3. The van der Waals surface area contributed by atoms with Crippen LogP contribution in [0.1, 0.15) is 35.3 Å². The predicted octanol–water partition coefficient (Wildman–Crippen LogP) is 5.33. The number of anilines is 1. The van der Waals surface area contributed by atoms with E-state index < -0.39 is 5.54 Å². The number of rotatable bonds is 5. The SMILES string of the molecule is CC1(C)C=C(CN2CCN(Cc3ccccc3)CC2)c2ccccc2N1C(=O)c1ccccc1. The highest BCUT2D eigenvalue weighted by Crippen LogP contribution is 2.40. The number of nitrogens with zero attached hydrogens (tertiary/aromatic N) is 3. The van der Waals surface area contributed by atoms with Gasteiger partial charge in [0.2, 0.25) is 0 Å². The molecule has 0 saturated carbocycles. The molecule has 34 heavy (non-hydrogen) atoms. The Morgan fingerprint density at radius 1 is 0.735 bits per heavy atom. The van der Waals surface area contributed by atoms with E-state index in [1.165, 1.54) is 11.1 Å². The molecule has 4 heteroatoms. The van der Waals surface area contributed by atoms with Crippen molar-refractivity contribution in [2.75, 3.05) is 37.6 Å². The third-order valence-electron chi connectivity index (χ3n) is 6.93. The Bertz CT molecular complexity index is 1160. The highest BCUT2D eigenvalue weighted by atomic mass is 16.2. The summed E-state index contributed by atoms with van der Waals surface area (Å²) in [6.45, 7) is 10.5. The maximum absolute atomic E-state index is 13.5. The number of para-hydroxylation sites is 1. The molecule has 0 radical (unpaired) electrons. The standard InChI is InChI=1S/C30H33N3O/c1-30(2)21-26(23-32-19-17-31(18-20-32)22-24-11-5-3-6-12-24)27-15-9-10-16-28(27)33(30)29(34)25-13-7-4-8-14-25/h3-16,21H,17-20,22-23H2,1-2H3. The van der Waals surface area contributed by atoms with Gasteiger partial charge in [0.1, 0.15) is 0 Å². The van der Waals surface area contributed by atoms with Crippen LogP contribution in [0.3, 0.4) is 0 Å². The second-order valence-electron chi connectivity index (χ2n) is 9.88. The summed E-state index contributed by atoms with van der Waals surface area (Å²) in [7, 11) is 0. The van der Waals surface area contributed by atoms with Gasteiger partial charge >= 0.3 is 0 Å². The minimum absolute atomic E-state index is 0.0443. The van der Waals surface area contributed by atoms with Gasteiger partial charge in [-0.15, -0.1) is 0 Å². The summed E-state index contributed by atoms with van der Waals surface area (Å²) in [5.74, 6) is 0.0443. The summed E-state index contributed by atoms with van der Waals surface area (Å²) < 4.78 is 0. The molecule has 0 bridgehead atoms. The number of amides is 1. The van der Waals surface area contributed by atoms with Gasteiger partial charge < -0.3 is 0 Å². The molecule has 174 valence electrons. The van der Waals surface area contributed by atoms with Crippen LogP contribution >= 0.6 is 0 Å². The lowest BCUT2D eigenvalue weighted by atomic mass is 9.87. The number of fused-ring (bicyclic) bond motifs is 1. The largest absolute Gasteiger partial charge is 0.299 e. The lowest BCUT2D eigenvalue weighted by molar-refractivity contribution is 0.0970. The van der Waals surface area contributed by atoms with Gasteiger partial charge in [-0.2, -0.15) is 0 Å². The van der Waals surface area contributed by atoms with Gasteiger partial charge in [-0.3, -0.25) is 19.5 Å². The minimum atomic E-state index is -0.411. The molecule has 3 aromatic carbocycles. The molecule has 2 aliphatic heterocycles. The van der Waals surface area contributed by atoms with Gasteiger partial charge in [0, 0.05) is 50.4 Å². The van der Waals surface area contributed by atoms with Crippen molar-refractivity contribution in [1.82, 2.24) is 9.80 Å². The fraction of sp³-hybridized carbons (Fsp3) is 0.300. The van der Waals surface area contributed by atoms with E-state index >= 15 is 0 Å². The lowest BCUT2D eigenvalue weighted by Crippen LogP contribution is -2.50. The Morgan fingerprint density at radius 3 is 1.97 bits per heavy atom. The smallest absolute Gasteiger partial charge is 0.259 e. The van der Waals surface area contributed by atoms with E-state index in [1.54, 1.807) is 0 Å². The lowest BCUT2D eigenvalue weighted by Gasteiger charge is -2.43. The normalized spacial score (nSPS) is 18.3. The van der Waals surface area contributed by atoms with E-state index in [-0.39, 0.29) is 5.91 Å². The van der Waals surface area contributed by atoms with E-state index in [2.05, 4.69) is 78.3 Å². The molecule has 0 aromatic heterocycles. The molecule has 2 aliphatic rings. The fourth-order valence-electron chi connectivity index (χ4n) is 5.22. The summed E-state index contributed by atoms with van der Waals surface area (Å²) in [5, 5.41) is 0. The molecule has 1 fully saturated rings. The first kappa shape index (κ1) is 22.6. The van der Waals surface area contributed by atoms with Gasteiger partial charge in [-0.1, -0.05) is 72.8 Å². The van der Waals surface area contributed by atoms with Crippen LogP contribution < -0.4 is 4.90 Å². The van der Waals surface area contributed by atoms with Crippen LogP contribution in [0.25, 0.3) is 5.57 Å². The first-order chi connectivity index (χ1) is 16.5. The zero-order valence-corrected chi connectivity index (χ0v) is 20.2. The van der Waals surface area contributed by atoms with Gasteiger partial charge in [0.05, 0.1) is 11.2 Å². The second-order valence-corrected chi connectivity index (χ2v) is 9.88. The molecule has 5 rings (SSSR count). The summed E-state index contributed by atoms with van der Waals surface area (Å²) in [4.78, 5) is 20.6. The van der Waals surface area contributed by atoms with Crippen molar-refractivity contribution in [2.45, 2.75) is 25.9 Å². The predicted molar refractivity (Wildman–Crippen MR) is 140 cm³/mol. The topological polar surface area (TPSA) is 26.8 Å². The number of hydrogen-bond acceptors (Lipinski definition) is 3. The van der Waals surface area contributed by atoms with Gasteiger partial charge in [0.15, 0.2) is 0 Å². The minimum Gasteiger partial charge on any atom is -0.299 e. The second kappa shape index (κ2) is 9.57.